The molecule has 0 bridgehead atoms. The van der Waals surface area contributed by atoms with Gasteiger partial charge in [-0.15, -0.1) is 0 Å². The molecule has 0 fully saturated rings. The zero-order chi connectivity index (χ0) is 25.8. The van der Waals surface area contributed by atoms with E-state index in [1.807, 2.05) is 24.3 Å². The van der Waals surface area contributed by atoms with Crippen molar-refractivity contribution in [3.05, 3.63) is 59.7 Å². The number of benzene rings is 2. The molecule has 2 atom stereocenters. The van der Waals surface area contributed by atoms with E-state index < -0.39 is 0 Å². The van der Waals surface area contributed by atoms with E-state index in [2.05, 4.69) is 61.1 Å². The first-order valence-electron chi connectivity index (χ1n) is 13.6. The summed E-state index contributed by atoms with van der Waals surface area (Å²) in [7, 11) is 0. The standard InChI is InChI=1S/C30H46N3OS2/c1-4-36(3)34-35-25-26(2)12-10-8-6-5-7-9-11-13-27-14-18-29(19-15-27)32-22-23-33-30-20-16-28(24-31)17-21-30/h14-21,26,32-33H,4-13,22-23,25H2,1-3H3/q+1/p+1/t26-,36?/m0/s1. The number of nitrogens with one attached hydrogen (secondary N) is 2. The average Bonchev–Trinajstić information content (AvgIpc) is 2.91. The number of rotatable bonds is 20. The normalized spacial score (nSPS) is 12.6. The molecule has 0 heterocycles. The van der Waals surface area contributed by atoms with Crippen LogP contribution in [-0.4, -0.2) is 30.9 Å². The van der Waals surface area contributed by atoms with Gasteiger partial charge in [0.25, 0.3) is 0 Å². The van der Waals surface area contributed by atoms with Gasteiger partial charge < -0.3 is 10.6 Å². The van der Waals surface area contributed by atoms with Gasteiger partial charge in [-0.1, -0.05) is 57.6 Å². The average molecular weight is 530 g/mol. The maximum atomic E-state index is 8.86. The zero-order valence-corrected chi connectivity index (χ0v) is 24.3. The maximum Gasteiger partial charge on any atom is 0.204 e. The molecule has 0 aliphatic carbocycles. The topological polar surface area (TPSA) is 57.1 Å². The lowest BCUT2D eigenvalue weighted by molar-refractivity contribution is 0.510. The third-order valence-electron chi connectivity index (χ3n) is 6.39. The third kappa shape index (κ3) is 14.1. The van der Waals surface area contributed by atoms with Crippen LogP contribution in [0.3, 0.4) is 0 Å². The minimum Gasteiger partial charge on any atom is -0.383 e. The van der Waals surface area contributed by atoms with Crippen LogP contribution in [0.15, 0.2) is 48.5 Å². The molecule has 4 nitrogen and oxygen atoms in total. The van der Waals surface area contributed by atoms with Crippen LogP contribution in [0, 0.1) is 17.2 Å². The van der Waals surface area contributed by atoms with Crippen molar-refractivity contribution in [3.8, 4) is 6.07 Å². The van der Waals surface area contributed by atoms with Crippen molar-refractivity contribution in [2.45, 2.75) is 71.6 Å². The maximum absolute atomic E-state index is 8.86. The van der Waals surface area contributed by atoms with Crippen LogP contribution < -0.4 is 10.6 Å². The summed E-state index contributed by atoms with van der Waals surface area (Å²) in [6, 6.07) is 18.6. The van der Waals surface area contributed by atoms with Crippen LogP contribution in [0.25, 0.3) is 0 Å². The minimum absolute atomic E-state index is 0.148. The first-order chi connectivity index (χ1) is 17.6. The Labute approximate surface area is 227 Å². The predicted octanol–water partition coefficient (Wildman–Crippen LogP) is 7.31. The fourth-order valence-corrected chi connectivity index (χ4v) is 5.78. The second-order valence-electron chi connectivity index (χ2n) is 9.61. The number of nitrogens with zero attached hydrogens (tertiary/aromatic N) is 1. The molecule has 0 saturated heterocycles. The molecule has 1 unspecified atom stereocenters. The number of unbranched alkanes of at least 4 members (excludes halogenated alkanes) is 6. The molecule has 2 N–H and O–H groups in total. The Bertz CT molecular complexity index is 852. The van der Waals surface area contributed by atoms with E-state index in [1.165, 1.54) is 81.1 Å². The van der Waals surface area contributed by atoms with E-state index in [0.717, 1.165) is 36.1 Å². The van der Waals surface area contributed by atoms with Gasteiger partial charge in [0.1, 0.15) is 17.8 Å². The molecule has 0 spiro atoms. The molecule has 0 aromatic heterocycles. The quantitative estimate of drug-likeness (QED) is 0.107. The predicted molar refractivity (Wildman–Crippen MR) is 163 cm³/mol. The van der Waals surface area contributed by atoms with Crippen molar-refractivity contribution < 1.29 is 3.63 Å². The van der Waals surface area contributed by atoms with Crippen molar-refractivity contribution in [2.75, 3.05) is 41.5 Å². The number of hydrogen-bond acceptors (Lipinski definition) is 4. The van der Waals surface area contributed by atoms with E-state index in [1.54, 1.807) is 0 Å². The van der Waals surface area contributed by atoms with Gasteiger partial charge in [0, 0.05) is 34.0 Å². The smallest absolute Gasteiger partial charge is 0.204 e. The Morgan fingerprint density at radius 3 is 2.00 bits per heavy atom. The lowest BCUT2D eigenvalue weighted by Gasteiger charge is -2.10. The molecule has 0 aliphatic rings. The zero-order valence-electron chi connectivity index (χ0n) is 22.6. The Balaban J connectivity index is 1.43. The minimum atomic E-state index is 0.148. The highest BCUT2D eigenvalue weighted by Crippen LogP contribution is 2.16. The molecule has 2 aromatic rings. The number of aryl methyl sites for hydroxylation is 1. The summed E-state index contributed by atoms with van der Waals surface area (Å²) in [4.78, 5) is 0. The molecule has 198 valence electrons. The van der Waals surface area contributed by atoms with Crippen LogP contribution in [0.5, 0.6) is 0 Å². The van der Waals surface area contributed by atoms with Gasteiger partial charge >= 0.3 is 0 Å². The molecular formula is C30H47N3OS2+2. The van der Waals surface area contributed by atoms with E-state index in [9.17, 15) is 0 Å². The van der Waals surface area contributed by atoms with Crippen molar-refractivity contribution in [1.29, 1.82) is 5.26 Å². The van der Waals surface area contributed by atoms with Gasteiger partial charge in [-0.3, -0.25) is 0 Å². The first kappa shape index (κ1) is 30.4. The van der Waals surface area contributed by atoms with Crippen LogP contribution in [0.4, 0.5) is 11.4 Å². The van der Waals surface area contributed by atoms with Gasteiger partial charge in [0.2, 0.25) is 11.2 Å². The first-order valence-corrected chi connectivity index (χ1v) is 16.4. The van der Waals surface area contributed by atoms with Gasteiger partial charge in [-0.2, -0.15) is 5.26 Å². The number of hydrogen-bond donors (Lipinski definition) is 2. The summed E-state index contributed by atoms with van der Waals surface area (Å²) < 4.78 is 5.81. The molecule has 6 heteroatoms. The molecule has 36 heavy (non-hydrogen) atoms. The Morgan fingerprint density at radius 2 is 1.42 bits per heavy atom. The summed E-state index contributed by atoms with van der Waals surface area (Å²) in [6.45, 7) is 6.25. The van der Waals surface area contributed by atoms with E-state index in [4.69, 9.17) is 8.89 Å². The summed E-state index contributed by atoms with van der Waals surface area (Å²) in [5.41, 5.74) is 4.33. The lowest BCUT2D eigenvalue weighted by Crippen LogP contribution is -2.13. The van der Waals surface area contributed by atoms with Crippen LogP contribution in [0.1, 0.15) is 76.3 Å². The highest BCUT2D eigenvalue weighted by molar-refractivity contribution is 7.98. The van der Waals surface area contributed by atoms with Crippen LogP contribution in [-0.2, 0) is 33.3 Å². The molecule has 0 saturated carbocycles. The van der Waals surface area contributed by atoms with Crippen molar-refractivity contribution in [1.82, 2.24) is 0 Å². The van der Waals surface area contributed by atoms with Gasteiger partial charge in [-0.25, -0.2) is 0 Å². The van der Waals surface area contributed by atoms with Gasteiger partial charge in [0.15, 0.2) is 12.0 Å². The largest absolute Gasteiger partial charge is 0.383 e. The second-order valence-corrected chi connectivity index (χ2v) is 12.5. The van der Waals surface area contributed by atoms with Crippen LogP contribution >= 0.6 is 0 Å². The van der Waals surface area contributed by atoms with Crippen molar-refractivity contribution in [3.63, 3.8) is 0 Å². The Morgan fingerprint density at radius 1 is 0.861 bits per heavy atom. The summed E-state index contributed by atoms with van der Waals surface area (Å²) >= 11 is 1.33. The van der Waals surface area contributed by atoms with E-state index >= 15 is 0 Å². The third-order valence-corrected chi connectivity index (χ3v) is 9.41. The number of nitriles is 1. The van der Waals surface area contributed by atoms with Crippen molar-refractivity contribution >= 4 is 34.6 Å². The molecule has 0 aliphatic heterocycles. The second kappa shape index (κ2) is 19.3. The number of thiol groups is 1. The summed E-state index contributed by atoms with van der Waals surface area (Å²) in [5, 5.41) is 15.7. The Hall–Kier alpha value is -1.81. The van der Waals surface area contributed by atoms with E-state index in [-0.39, 0.29) is 11.2 Å². The number of anilines is 2. The Kier molecular flexibility index (Phi) is 16.3. The van der Waals surface area contributed by atoms with Crippen LogP contribution in [0.2, 0.25) is 0 Å². The molecular weight excluding hydrogens is 482 g/mol. The van der Waals surface area contributed by atoms with E-state index in [0.29, 0.717) is 5.56 Å². The highest BCUT2D eigenvalue weighted by Gasteiger charge is 2.18. The molecule has 2 rings (SSSR count). The molecule has 0 radical (unpaired) electrons. The summed E-state index contributed by atoms with van der Waals surface area (Å²) in [6.07, 6.45) is 14.2. The lowest BCUT2D eigenvalue weighted by atomic mass is 10.0. The monoisotopic (exact) mass is 529 g/mol. The van der Waals surface area contributed by atoms with Gasteiger partial charge in [-0.05, 0) is 68.1 Å². The van der Waals surface area contributed by atoms with Crippen molar-refractivity contribution in [2.24, 2.45) is 5.92 Å². The SMILES string of the molecule is CC[S+](C)O[SH+]C[C@@H](C)CCCCCCCCCc1ccc(NCCNc2ccc(C#N)cc2)cc1. The molecule has 0 amide bonds. The summed E-state index contributed by atoms with van der Waals surface area (Å²) in [5.74, 6) is 3.10. The highest BCUT2D eigenvalue weighted by atomic mass is 32.3. The fourth-order valence-electron chi connectivity index (χ4n) is 3.96. The molecule has 2 aromatic carbocycles. The van der Waals surface area contributed by atoms with Gasteiger partial charge in [0.05, 0.1) is 11.6 Å². The fraction of sp³-hybridized carbons (Fsp3) is 0.567.